The molecule has 0 bridgehead atoms. The van der Waals surface area contributed by atoms with E-state index in [1.165, 1.54) is 12.1 Å². The van der Waals surface area contributed by atoms with Crippen molar-refractivity contribution >= 4 is 22.9 Å². The van der Waals surface area contributed by atoms with Crippen LogP contribution in [0.25, 0.3) is 11.1 Å². The highest BCUT2D eigenvalue weighted by molar-refractivity contribution is 7.11. The summed E-state index contributed by atoms with van der Waals surface area (Å²) in [5.41, 5.74) is 4.01. The standard InChI is InChI=1S/C19H14FNOS/c20-14-8-6-13(7-9-14)15-10-17(22)21-18-16(11-23-19(15)18)12-4-2-1-3-5-12/h1-9,11,15H,10H2,(H,21,22). The Morgan fingerprint density at radius 2 is 1.78 bits per heavy atom. The van der Waals surface area contributed by atoms with Crippen LogP contribution in [0, 0.1) is 5.82 Å². The van der Waals surface area contributed by atoms with E-state index in [0.29, 0.717) is 6.42 Å². The highest BCUT2D eigenvalue weighted by Crippen LogP contribution is 2.46. The first-order valence-electron chi connectivity index (χ1n) is 7.44. The van der Waals surface area contributed by atoms with Crippen molar-refractivity contribution in [3.05, 3.63) is 76.2 Å². The van der Waals surface area contributed by atoms with E-state index in [9.17, 15) is 9.18 Å². The molecular formula is C19H14FNOS. The van der Waals surface area contributed by atoms with E-state index in [4.69, 9.17) is 0 Å². The van der Waals surface area contributed by atoms with E-state index in [-0.39, 0.29) is 17.6 Å². The van der Waals surface area contributed by atoms with Crippen molar-refractivity contribution in [1.29, 1.82) is 0 Å². The molecule has 3 aromatic rings. The fourth-order valence-electron chi connectivity index (χ4n) is 3.02. The zero-order chi connectivity index (χ0) is 15.8. The smallest absolute Gasteiger partial charge is 0.225 e. The van der Waals surface area contributed by atoms with Crippen LogP contribution in [0.15, 0.2) is 60.0 Å². The van der Waals surface area contributed by atoms with Gasteiger partial charge in [0.25, 0.3) is 0 Å². The molecule has 2 nitrogen and oxygen atoms in total. The van der Waals surface area contributed by atoms with Gasteiger partial charge in [-0.1, -0.05) is 42.5 Å². The van der Waals surface area contributed by atoms with Crippen LogP contribution < -0.4 is 5.32 Å². The molecule has 4 heteroatoms. The zero-order valence-corrected chi connectivity index (χ0v) is 13.1. The molecule has 114 valence electrons. The average Bonchev–Trinajstić information content (AvgIpc) is 2.99. The van der Waals surface area contributed by atoms with Crippen molar-refractivity contribution in [3.8, 4) is 11.1 Å². The van der Waals surface area contributed by atoms with Crippen LogP contribution in [0.3, 0.4) is 0 Å². The van der Waals surface area contributed by atoms with Gasteiger partial charge in [0, 0.05) is 28.2 Å². The van der Waals surface area contributed by atoms with Gasteiger partial charge < -0.3 is 5.32 Å². The van der Waals surface area contributed by atoms with E-state index >= 15 is 0 Å². The van der Waals surface area contributed by atoms with Crippen molar-refractivity contribution in [1.82, 2.24) is 0 Å². The Balaban J connectivity index is 1.81. The number of halogens is 1. The Labute approximate surface area is 137 Å². The van der Waals surface area contributed by atoms with Gasteiger partial charge in [0.15, 0.2) is 0 Å². The molecular weight excluding hydrogens is 309 g/mol. The number of carbonyl (C=O) groups excluding carboxylic acids is 1. The van der Waals surface area contributed by atoms with Crippen molar-refractivity contribution < 1.29 is 9.18 Å². The third-order valence-corrected chi connectivity index (χ3v) is 5.24. The molecule has 1 aliphatic rings. The Bertz CT molecular complexity index is 855. The lowest BCUT2D eigenvalue weighted by Crippen LogP contribution is -2.22. The number of benzene rings is 2. The fourth-order valence-corrected chi connectivity index (χ4v) is 4.18. The van der Waals surface area contributed by atoms with Gasteiger partial charge in [0.05, 0.1) is 5.69 Å². The second-order valence-electron chi connectivity index (χ2n) is 5.61. The van der Waals surface area contributed by atoms with E-state index in [0.717, 1.165) is 27.3 Å². The summed E-state index contributed by atoms with van der Waals surface area (Å²) in [5.74, 6) is -0.269. The molecule has 1 amide bonds. The van der Waals surface area contributed by atoms with E-state index < -0.39 is 0 Å². The first-order valence-corrected chi connectivity index (χ1v) is 8.32. The Kier molecular flexibility index (Phi) is 3.46. The number of anilines is 1. The van der Waals surface area contributed by atoms with Crippen LogP contribution in [0.1, 0.15) is 22.8 Å². The highest BCUT2D eigenvalue weighted by atomic mass is 32.1. The van der Waals surface area contributed by atoms with Crippen molar-refractivity contribution in [2.24, 2.45) is 0 Å². The molecule has 2 aromatic carbocycles. The quantitative estimate of drug-likeness (QED) is 0.704. The molecule has 2 heterocycles. The first-order chi connectivity index (χ1) is 11.2. The summed E-state index contributed by atoms with van der Waals surface area (Å²) in [4.78, 5) is 13.3. The largest absolute Gasteiger partial charge is 0.325 e. The third kappa shape index (κ3) is 2.55. The van der Waals surface area contributed by atoms with Crippen LogP contribution in [0.5, 0.6) is 0 Å². The maximum absolute atomic E-state index is 13.2. The minimum atomic E-state index is -0.259. The SMILES string of the molecule is O=C1CC(c2ccc(F)cc2)c2scc(-c3ccccc3)c2N1. The third-order valence-electron chi connectivity index (χ3n) is 4.15. The lowest BCUT2D eigenvalue weighted by atomic mass is 9.89. The molecule has 23 heavy (non-hydrogen) atoms. The van der Waals surface area contributed by atoms with Gasteiger partial charge in [-0.15, -0.1) is 11.3 Å². The normalized spacial score (nSPS) is 16.7. The lowest BCUT2D eigenvalue weighted by molar-refractivity contribution is -0.116. The maximum atomic E-state index is 13.2. The fraction of sp³-hybridized carbons (Fsp3) is 0.105. The van der Waals surface area contributed by atoms with Crippen molar-refractivity contribution in [2.75, 3.05) is 5.32 Å². The van der Waals surface area contributed by atoms with Gasteiger partial charge >= 0.3 is 0 Å². The molecule has 0 fully saturated rings. The molecule has 4 rings (SSSR count). The molecule has 1 aromatic heterocycles. The van der Waals surface area contributed by atoms with Gasteiger partial charge in [0.1, 0.15) is 5.82 Å². The van der Waals surface area contributed by atoms with E-state index in [2.05, 4.69) is 10.7 Å². The molecule has 1 atom stereocenters. The summed E-state index contributed by atoms with van der Waals surface area (Å²) in [6, 6.07) is 16.5. The van der Waals surface area contributed by atoms with Crippen LogP contribution in [-0.4, -0.2) is 5.91 Å². The molecule has 0 saturated heterocycles. The Hall–Kier alpha value is -2.46. The van der Waals surface area contributed by atoms with Gasteiger partial charge in [-0.3, -0.25) is 4.79 Å². The van der Waals surface area contributed by atoms with Gasteiger partial charge in [-0.2, -0.15) is 0 Å². The van der Waals surface area contributed by atoms with E-state index in [1.807, 2.05) is 30.3 Å². The predicted molar refractivity (Wildman–Crippen MR) is 91.2 cm³/mol. The molecule has 1 aliphatic heterocycles. The molecule has 0 radical (unpaired) electrons. The predicted octanol–water partition coefficient (Wildman–Crippen LogP) is 5.03. The van der Waals surface area contributed by atoms with Crippen LogP contribution >= 0.6 is 11.3 Å². The van der Waals surface area contributed by atoms with E-state index in [1.54, 1.807) is 23.5 Å². The second kappa shape index (κ2) is 5.63. The van der Waals surface area contributed by atoms with Gasteiger partial charge in [0.2, 0.25) is 5.91 Å². The van der Waals surface area contributed by atoms with Crippen LogP contribution in [-0.2, 0) is 4.79 Å². The summed E-state index contributed by atoms with van der Waals surface area (Å²) < 4.78 is 13.2. The summed E-state index contributed by atoms with van der Waals surface area (Å²) in [5, 5.41) is 5.10. The topological polar surface area (TPSA) is 29.1 Å². The number of rotatable bonds is 2. The van der Waals surface area contributed by atoms with Crippen molar-refractivity contribution in [3.63, 3.8) is 0 Å². The monoisotopic (exact) mass is 323 g/mol. The zero-order valence-electron chi connectivity index (χ0n) is 12.3. The molecule has 1 N–H and O–H groups in total. The Morgan fingerprint density at radius 1 is 1.04 bits per heavy atom. The van der Waals surface area contributed by atoms with Crippen LogP contribution in [0.4, 0.5) is 10.1 Å². The molecule has 0 spiro atoms. The lowest BCUT2D eigenvalue weighted by Gasteiger charge is -2.24. The van der Waals surface area contributed by atoms with Gasteiger partial charge in [-0.05, 0) is 23.3 Å². The average molecular weight is 323 g/mol. The first kappa shape index (κ1) is 14.2. The number of hydrogen-bond donors (Lipinski definition) is 1. The highest BCUT2D eigenvalue weighted by Gasteiger charge is 2.30. The minimum Gasteiger partial charge on any atom is -0.325 e. The molecule has 1 unspecified atom stereocenters. The summed E-state index contributed by atoms with van der Waals surface area (Å²) in [6.45, 7) is 0. The number of nitrogens with one attached hydrogen (secondary N) is 1. The second-order valence-corrected chi connectivity index (χ2v) is 6.52. The molecule has 0 saturated carbocycles. The summed E-state index contributed by atoms with van der Waals surface area (Å²) >= 11 is 1.65. The van der Waals surface area contributed by atoms with Gasteiger partial charge in [-0.25, -0.2) is 4.39 Å². The molecule has 0 aliphatic carbocycles. The number of hydrogen-bond acceptors (Lipinski definition) is 2. The van der Waals surface area contributed by atoms with Crippen LogP contribution in [0.2, 0.25) is 0 Å². The number of thiophene rings is 1. The Morgan fingerprint density at radius 3 is 2.52 bits per heavy atom. The maximum Gasteiger partial charge on any atom is 0.225 e. The summed E-state index contributed by atoms with van der Waals surface area (Å²) in [7, 11) is 0. The number of fused-ring (bicyclic) bond motifs is 1. The van der Waals surface area contributed by atoms with Crippen molar-refractivity contribution in [2.45, 2.75) is 12.3 Å². The number of amides is 1. The number of carbonyl (C=O) groups is 1. The minimum absolute atomic E-state index is 0.00223. The summed E-state index contributed by atoms with van der Waals surface area (Å²) in [6.07, 6.45) is 0.396.